The van der Waals surface area contributed by atoms with E-state index < -0.39 is 45.3 Å². The molecule has 0 fully saturated rings. The Hall–Kier alpha value is -3.29. The summed E-state index contributed by atoms with van der Waals surface area (Å²) in [5.41, 5.74) is 10.0. The largest absolute Gasteiger partial charge is 0.482 e. The molecule has 342 valence electrons. The highest BCUT2D eigenvalue weighted by molar-refractivity contribution is 8.04. The summed E-state index contributed by atoms with van der Waals surface area (Å²) in [4.78, 5) is 4.40. The van der Waals surface area contributed by atoms with E-state index in [1.807, 2.05) is 78.2 Å². The minimum absolute atomic E-state index is 0.193. The summed E-state index contributed by atoms with van der Waals surface area (Å²) in [5.74, 6) is 1.81. The van der Waals surface area contributed by atoms with Gasteiger partial charge >= 0.3 is 15.2 Å². The van der Waals surface area contributed by atoms with Crippen molar-refractivity contribution in [1.82, 2.24) is 9.56 Å². The fourth-order valence-electron chi connectivity index (χ4n) is 5.54. The molecule has 0 spiro atoms. The smallest absolute Gasteiger partial charge is 0.349 e. The summed E-state index contributed by atoms with van der Waals surface area (Å²) in [6, 6.07) is 22.0. The zero-order valence-corrected chi connectivity index (χ0v) is 42.8. The van der Waals surface area contributed by atoms with Gasteiger partial charge in [-0.05, 0) is 135 Å². The first-order valence-corrected chi connectivity index (χ1v) is 28.0. The second-order valence-corrected chi connectivity index (χ2v) is 26.1. The van der Waals surface area contributed by atoms with E-state index in [1.54, 1.807) is 77.1 Å². The summed E-state index contributed by atoms with van der Waals surface area (Å²) in [7, 11) is 1.78. The van der Waals surface area contributed by atoms with E-state index in [-0.39, 0.29) is 12.6 Å². The van der Waals surface area contributed by atoms with Gasteiger partial charge in [0.1, 0.15) is 40.5 Å². The van der Waals surface area contributed by atoms with E-state index in [0.29, 0.717) is 35.8 Å². The Morgan fingerprint density at radius 1 is 0.645 bits per heavy atom. The molecule has 0 aromatic heterocycles. The Morgan fingerprint density at radius 3 is 1.31 bits per heavy atom. The molecule has 0 radical (unpaired) electrons. The minimum atomic E-state index is -3.54. The number of nitrogens with zero attached hydrogens (tertiary/aromatic N) is 8. The molecular formula is C39H60N8O9P4S2. The number of hydrogen-bond acceptors (Lipinski definition) is 15. The van der Waals surface area contributed by atoms with Crippen molar-refractivity contribution >= 4 is 70.6 Å². The number of hydrazone groups is 2. The first kappa shape index (κ1) is 53.1. The zero-order valence-electron chi connectivity index (χ0n) is 37.4. The lowest BCUT2D eigenvalue weighted by Gasteiger charge is -2.35. The van der Waals surface area contributed by atoms with Gasteiger partial charge < -0.3 is 37.2 Å². The third-order valence-corrected chi connectivity index (χ3v) is 21.6. The van der Waals surface area contributed by atoms with Gasteiger partial charge in [0.05, 0.1) is 26.1 Å². The Balaban J connectivity index is 1.66. The fourth-order valence-corrected chi connectivity index (χ4v) is 11.9. The van der Waals surface area contributed by atoms with Gasteiger partial charge in [0.15, 0.2) is 5.72 Å². The van der Waals surface area contributed by atoms with Crippen LogP contribution in [0.5, 0.6) is 17.2 Å². The molecule has 0 heterocycles. The van der Waals surface area contributed by atoms with Gasteiger partial charge in [-0.25, -0.2) is 0 Å². The quantitative estimate of drug-likeness (QED) is 0.0185. The third kappa shape index (κ3) is 15.2. The molecule has 0 saturated carbocycles. The van der Waals surface area contributed by atoms with Gasteiger partial charge in [-0.3, -0.25) is 18.7 Å². The molecule has 4 atom stereocenters. The number of hydrogen-bond donors (Lipinski definition) is 0. The molecule has 17 nitrogen and oxygen atoms in total. The van der Waals surface area contributed by atoms with Crippen LogP contribution >= 0.6 is 28.9 Å². The van der Waals surface area contributed by atoms with Crippen LogP contribution in [-0.2, 0) is 50.8 Å². The Labute approximate surface area is 377 Å². The van der Waals surface area contributed by atoms with E-state index >= 15 is 0 Å². The van der Waals surface area contributed by atoms with Crippen LogP contribution in [0, 0.1) is 0 Å². The topological polar surface area (TPSA) is 182 Å². The number of azide groups is 1. The van der Waals surface area contributed by atoms with Gasteiger partial charge in [0.25, 0.3) is 0 Å². The normalized spacial score (nSPS) is 15.2. The standard InChI is InChI=1S/C39H60N8O9P4S2/c1-13-38(5,57(61)45(7)41-27-31-15-21-34(22-16-31)54-37(3,4)43-44-40)55-35-23-17-32(18-24-35)28-42-46(8)58(62)39(6,14-2)56-36-25-19-33(20-26-36)47(29-59(48,50-9)51-10)30-60(49,52-11)53-12/h15-28,57-58H,13-14,29-30H2,1-12H3/b41-27+,42-28+. The maximum Gasteiger partial charge on any atom is 0.349 e. The number of anilines is 1. The van der Waals surface area contributed by atoms with E-state index in [1.165, 1.54) is 28.4 Å². The Kier molecular flexibility index (Phi) is 20.2. The number of rotatable bonds is 26. The predicted octanol–water partition coefficient (Wildman–Crippen LogP) is 10.9. The van der Waals surface area contributed by atoms with Gasteiger partial charge in [-0.1, -0.05) is 37.5 Å². The molecule has 4 unspecified atom stereocenters. The number of ether oxygens (including phenoxy) is 3. The van der Waals surface area contributed by atoms with Crippen LogP contribution in [0.3, 0.4) is 0 Å². The Bertz CT molecular complexity index is 2140. The summed E-state index contributed by atoms with van der Waals surface area (Å²) in [6.45, 7) is 7.87. The fraction of sp³-hybridized carbons (Fsp3) is 0.487. The second-order valence-electron chi connectivity index (χ2n) is 14.7. The van der Waals surface area contributed by atoms with Gasteiger partial charge in [0, 0.05) is 53.1 Å². The van der Waals surface area contributed by atoms with Crippen molar-refractivity contribution in [1.29, 1.82) is 0 Å². The van der Waals surface area contributed by atoms with Gasteiger partial charge in [-0.15, -0.1) is 0 Å². The third-order valence-electron chi connectivity index (χ3n) is 9.70. The van der Waals surface area contributed by atoms with Crippen molar-refractivity contribution in [3.8, 4) is 17.2 Å². The van der Waals surface area contributed by atoms with Crippen LogP contribution < -0.4 is 19.1 Å². The summed E-state index contributed by atoms with van der Waals surface area (Å²) in [6.07, 6.45) is 4.39. The lowest BCUT2D eigenvalue weighted by Crippen LogP contribution is -2.31. The monoisotopic (exact) mass is 972 g/mol. The molecular weight excluding hydrogens is 913 g/mol. The molecule has 0 N–H and O–H groups in total. The molecule has 0 bridgehead atoms. The molecule has 3 aromatic rings. The van der Waals surface area contributed by atoms with Gasteiger partial charge in [-0.2, -0.15) is 10.2 Å². The minimum Gasteiger partial charge on any atom is -0.482 e. The van der Waals surface area contributed by atoms with Crippen molar-refractivity contribution in [2.45, 2.75) is 70.8 Å². The molecule has 62 heavy (non-hydrogen) atoms. The zero-order chi connectivity index (χ0) is 46.4. The summed E-state index contributed by atoms with van der Waals surface area (Å²) < 4.78 is 69.1. The molecule has 3 aromatic carbocycles. The van der Waals surface area contributed by atoms with Crippen LogP contribution in [0.1, 0.15) is 65.5 Å². The van der Waals surface area contributed by atoms with Crippen molar-refractivity contribution in [3.05, 3.63) is 94.4 Å². The first-order chi connectivity index (χ1) is 29.2. The van der Waals surface area contributed by atoms with Crippen LogP contribution in [0.15, 0.2) is 88.1 Å². The summed E-state index contributed by atoms with van der Waals surface area (Å²) >= 11 is 12.1. The molecule has 0 amide bonds. The maximum absolute atomic E-state index is 13.1. The van der Waals surface area contributed by atoms with Crippen LogP contribution in [0.2, 0.25) is 0 Å². The summed E-state index contributed by atoms with van der Waals surface area (Å²) in [5, 5.41) is 11.6. The van der Waals surface area contributed by atoms with Crippen LogP contribution in [0.25, 0.3) is 10.4 Å². The van der Waals surface area contributed by atoms with E-state index in [4.69, 9.17) is 66.6 Å². The lowest BCUT2D eigenvalue weighted by atomic mass is 10.2. The highest BCUT2D eigenvalue weighted by Crippen LogP contribution is 2.53. The first-order valence-electron chi connectivity index (χ1n) is 19.4. The Morgan fingerprint density at radius 2 is 0.984 bits per heavy atom. The molecule has 3 rings (SSSR count). The molecule has 23 heteroatoms. The SMILES string of the molecule is CCC(C)(Oc1ccc(/C=N/N(C)[PH](=S)C(C)(CC)Oc2ccc(N(CP(=O)(OC)OC)CP(=O)(OC)OC)cc2)cc1)[PH](=S)N(C)/N=C/c1ccc(OC(C)(C)N=[N+]=[N-])cc1. The molecule has 0 saturated heterocycles. The number of benzene rings is 3. The molecule has 0 aliphatic rings. The maximum atomic E-state index is 13.1. The average Bonchev–Trinajstić information content (AvgIpc) is 3.27. The highest BCUT2D eigenvalue weighted by Gasteiger charge is 2.34. The highest BCUT2D eigenvalue weighted by atomic mass is 32.4. The van der Waals surface area contributed by atoms with Crippen molar-refractivity contribution in [2.75, 3.05) is 60.0 Å². The van der Waals surface area contributed by atoms with Crippen molar-refractivity contribution in [2.24, 2.45) is 15.3 Å². The van der Waals surface area contributed by atoms with E-state index in [0.717, 1.165) is 11.1 Å². The van der Waals surface area contributed by atoms with E-state index in [9.17, 15) is 9.13 Å². The lowest BCUT2D eigenvalue weighted by molar-refractivity contribution is 0.117. The van der Waals surface area contributed by atoms with Crippen LogP contribution in [-0.4, -0.2) is 93.5 Å². The molecule has 0 aliphatic heterocycles. The van der Waals surface area contributed by atoms with Gasteiger partial charge in [0.2, 0.25) is 0 Å². The van der Waals surface area contributed by atoms with E-state index in [2.05, 4.69) is 15.1 Å². The molecule has 0 aliphatic carbocycles. The second kappa shape index (κ2) is 23.6. The predicted molar refractivity (Wildman–Crippen MR) is 259 cm³/mol. The van der Waals surface area contributed by atoms with Crippen LogP contribution in [0.4, 0.5) is 5.69 Å². The van der Waals surface area contributed by atoms with Crippen molar-refractivity contribution < 1.29 is 41.4 Å². The van der Waals surface area contributed by atoms with Crippen molar-refractivity contribution in [3.63, 3.8) is 0 Å². The average molecular weight is 973 g/mol.